The second-order valence-electron chi connectivity index (χ2n) is 6.37. The summed E-state index contributed by atoms with van der Waals surface area (Å²) in [5.41, 5.74) is 0.720. The normalized spacial score (nSPS) is 11.8. The van der Waals surface area contributed by atoms with Crippen LogP contribution in [0.1, 0.15) is 19.2 Å². The Kier molecular flexibility index (Phi) is 6.23. The average molecular weight is 415 g/mol. The second kappa shape index (κ2) is 8.83. The molecule has 1 amide bonds. The molecule has 1 aromatic carbocycles. The number of ether oxygens (including phenoxy) is 1. The van der Waals surface area contributed by atoms with Crippen molar-refractivity contribution in [3.05, 3.63) is 63.9 Å². The number of esters is 1. The first-order valence-electron chi connectivity index (χ1n) is 8.92. The lowest BCUT2D eigenvalue weighted by Crippen LogP contribution is -2.30. The van der Waals surface area contributed by atoms with E-state index in [4.69, 9.17) is 16.3 Å². The minimum absolute atomic E-state index is 0.0239. The second-order valence-corrected chi connectivity index (χ2v) is 6.73. The Hall–Kier alpha value is -3.26. The van der Waals surface area contributed by atoms with Gasteiger partial charge >= 0.3 is 5.97 Å². The van der Waals surface area contributed by atoms with Crippen LogP contribution in [0.15, 0.2) is 47.4 Å². The van der Waals surface area contributed by atoms with E-state index in [9.17, 15) is 14.4 Å². The fraction of sp³-hybridized carbons (Fsp3) is 0.250. The van der Waals surface area contributed by atoms with Gasteiger partial charge in [-0.15, -0.1) is 0 Å². The number of rotatable bonds is 6. The lowest BCUT2D eigenvalue weighted by atomic mass is 10.2. The van der Waals surface area contributed by atoms with E-state index in [2.05, 4.69) is 15.3 Å². The quantitative estimate of drug-likeness (QED) is 0.491. The molecule has 0 fully saturated rings. The Morgan fingerprint density at radius 3 is 2.76 bits per heavy atom. The molecule has 0 aliphatic rings. The third-order valence-electron chi connectivity index (χ3n) is 4.32. The number of para-hydroxylation sites is 1. The van der Waals surface area contributed by atoms with Crippen molar-refractivity contribution in [2.24, 2.45) is 7.05 Å². The molecule has 2 aromatic heterocycles. The molecule has 0 aliphatic carbocycles. The van der Waals surface area contributed by atoms with E-state index < -0.39 is 18.0 Å². The van der Waals surface area contributed by atoms with Crippen LogP contribution in [0.4, 0.5) is 5.69 Å². The number of halogens is 1. The number of carbonyl (C=O) groups excluding carboxylic acids is 2. The molecular weight excluding hydrogens is 396 g/mol. The van der Waals surface area contributed by atoms with Gasteiger partial charge in [0.25, 0.3) is 11.5 Å². The number of anilines is 1. The minimum atomic E-state index is -1.02. The molecule has 0 aliphatic heterocycles. The smallest absolute Gasteiger partial charge is 0.307 e. The molecule has 1 N–H and O–H groups in total. The first-order chi connectivity index (χ1) is 13.9. The SMILES string of the molecule is CC(OC(=O)CCc1nc2ccccc2c(=O)n1C)C(=O)Nc1cccnc1Cl. The maximum Gasteiger partial charge on any atom is 0.307 e. The summed E-state index contributed by atoms with van der Waals surface area (Å²) in [6.07, 6.45) is 0.657. The summed E-state index contributed by atoms with van der Waals surface area (Å²) >= 11 is 5.90. The molecule has 1 atom stereocenters. The number of carbonyl (C=O) groups is 2. The maximum atomic E-state index is 12.4. The highest BCUT2D eigenvalue weighted by atomic mass is 35.5. The van der Waals surface area contributed by atoms with E-state index in [0.717, 1.165) is 0 Å². The molecule has 3 aromatic rings. The lowest BCUT2D eigenvalue weighted by molar-refractivity contribution is -0.153. The van der Waals surface area contributed by atoms with Gasteiger partial charge in [-0.25, -0.2) is 9.97 Å². The summed E-state index contributed by atoms with van der Waals surface area (Å²) in [6, 6.07) is 10.2. The highest BCUT2D eigenvalue weighted by Gasteiger charge is 2.19. The minimum Gasteiger partial charge on any atom is -0.453 e. The predicted molar refractivity (Wildman–Crippen MR) is 109 cm³/mol. The first kappa shape index (κ1) is 20.5. The molecule has 8 nitrogen and oxygen atoms in total. The van der Waals surface area contributed by atoms with Gasteiger partial charge in [-0.1, -0.05) is 23.7 Å². The van der Waals surface area contributed by atoms with Crippen molar-refractivity contribution in [1.29, 1.82) is 0 Å². The van der Waals surface area contributed by atoms with E-state index in [1.165, 1.54) is 17.7 Å². The van der Waals surface area contributed by atoms with Gasteiger partial charge in [-0.3, -0.25) is 19.0 Å². The highest BCUT2D eigenvalue weighted by molar-refractivity contribution is 6.32. The van der Waals surface area contributed by atoms with Gasteiger partial charge in [0, 0.05) is 19.7 Å². The zero-order valence-electron chi connectivity index (χ0n) is 15.9. The van der Waals surface area contributed by atoms with Crippen LogP contribution in [0.25, 0.3) is 10.9 Å². The Bertz CT molecular complexity index is 1130. The van der Waals surface area contributed by atoms with E-state index in [1.807, 2.05) is 0 Å². The van der Waals surface area contributed by atoms with Gasteiger partial charge < -0.3 is 10.1 Å². The number of nitrogens with one attached hydrogen (secondary N) is 1. The Labute approximate surface area is 171 Å². The Morgan fingerprint density at radius 1 is 1.24 bits per heavy atom. The van der Waals surface area contributed by atoms with Crippen molar-refractivity contribution in [3.8, 4) is 0 Å². The van der Waals surface area contributed by atoms with Crippen molar-refractivity contribution >= 4 is 40.1 Å². The van der Waals surface area contributed by atoms with Crippen molar-refractivity contribution < 1.29 is 14.3 Å². The third kappa shape index (κ3) is 4.78. The van der Waals surface area contributed by atoms with Crippen LogP contribution in [0.2, 0.25) is 5.15 Å². The molecule has 3 rings (SSSR count). The van der Waals surface area contributed by atoms with Gasteiger partial charge in [0.15, 0.2) is 11.3 Å². The van der Waals surface area contributed by atoms with Crippen LogP contribution in [0.5, 0.6) is 0 Å². The van der Waals surface area contributed by atoms with Gasteiger partial charge in [0.2, 0.25) is 0 Å². The average Bonchev–Trinajstić information content (AvgIpc) is 2.71. The van der Waals surface area contributed by atoms with Crippen molar-refractivity contribution in [2.45, 2.75) is 25.9 Å². The zero-order valence-corrected chi connectivity index (χ0v) is 16.6. The fourth-order valence-corrected chi connectivity index (χ4v) is 2.89. The first-order valence-corrected chi connectivity index (χ1v) is 9.30. The van der Waals surface area contributed by atoms with Gasteiger partial charge in [0.05, 0.1) is 23.0 Å². The van der Waals surface area contributed by atoms with Crippen molar-refractivity contribution in [2.75, 3.05) is 5.32 Å². The number of aryl methyl sites for hydroxylation is 1. The monoisotopic (exact) mass is 414 g/mol. The molecule has 9 heteroatoms. The van der Waals surface area contributed by atoms with E-state index in [-0.39, 0.29) is 23.6 Å². The van der Waals surface area contributed by atoms with Crippen LogP contribution in [-0.4, -0.2) is 32.5 Å². The molecule has 0 spiro atoms. The van der Waals surface area contributed by atoms with Crippen LogP contribution < -0.4 is 10.9 Å². The van der Waals surface area contributed by atoms with E-state index >= 15 is 0 Å². The molecule has 150 valence electrons. The molecular formula is C20H19ClN4O4. The topological polar surface area (TPSA) is 103 Å². The molecule has 0 saturated heterocycles. The Balaban J connectivity index is 1.60. The highest BCUT2D eigenvalue weighted by Crippen LogP contribution is 2.18. The summed E-state index contributed by atoms with van der Waals surface area (Å²) in [5, 5.41) is 3.21. The zero-order chi connectivity index (χ0) is 21.0. The largest absolute Gasteiger partial charge is 0.453 e. The summed E-state index contributed by atoms with van der Waals surface area (Å²) in [4.78, 5) is 45.0. The van der Waals surface area contributed by atoms with Gasteiger partial charge in [-0.05, 0) is 31.2 Å². The molecule has 29 heavy (non-hydrogen) atoms. The molecule has 0 radical (unpaired) electrons. The summed E-state index contributed by atoms with van der Waals surface area (Å²) in [6.45, 7) is 1.46. The maximum absolute atomic E-state index is 12.4. The van der Waals surface area contributed by atoms with Crippen LogP contribution in [-0.2, 0) is 27.8 Å². The molecule has 1 unspecified atom stereocenters. The van der Waals surface area contributed by atoms with Crippen molar-refractivity contribution in [1.82, 2.24) is 14.5 Å². The van der Waals surface area contributed by atoms with Gasteiger partial charge in [0.1, 0.15) is 5.82 Å². The van der Waals surface area contributed by atoms with Crippen LogP contribution in [0.3, 0.4) is 0 Å². The number of aromatic nitrogens is 3. The standard InChI is InChI=1S/C20H19ClN4O4/c1-12(19(27)24-15-8-5-11-22-18(15)21)29-17(26)10-9-16-23-14-7-4-3-6-13(14)20(28)25(16)2/h3-8,11-12H,9-10H2,1-2H3,(H,24,27). The van der Waals surface area contributed by atoms with Gasteiger partial charge in [-0.2, -0.15) is 0 Å². The number of amides is 1. The summed E-state index contributed by atoms with van der Waals surface area (Å²) in [5.74, 6) is -0.637. The van der Waals surface area contributed by atoms with Crippen LogP contribution in [0, 0.1) is 0 Å². The fourth-order valence-electron chi connectivity index (χ4n) is 2.72. The third-order valence-corrected chi connectivity index (χ3v) is 4.62. The molecule has 0 saturated carbocycles. The predicted octanol–water partition coefficient (Wildman–Crippen LogP) is 2.48. The van der Waals surface area contributed by atoms with Crippen LogP contribution >= 0.6 is 11.6 Å². The number of pyridine rings is 1. The number of benzene rings is 1. The van der Waals surface area contributed by atoms with Crippen molar-refractivity contribution in [3.63, 3.8) is 0 Å². The van der Waals surface area contributed by atoms with E-state index in [0.29, 0.717) is 22.4 Å². The Morgan fingerprint density at radius 2 is 2.00 bits per heavy atom. The van der Waals surface area contributed by atoms with E-state index in [1.54, 1.807) is 43.4 Å². The lowest BCUT2D eigenvalue weighted by Gasteiger charge is -2.14. The molecule has 0 bridgehead atoms. The summed E-state index contributed by atoms with van der Waals surface area (Å²) < 4.78 is 6.59. The number of hydrogen-bond donors (Lipinski definition) is 1. The number of nitrogens with zero attached hydrogens (tertiary/aromatic N) is 3. The molecule has 2 heterocycles. The number of hydrogen-bond acceptors (Lipinski definition) is 6. The summed E-state index contributed by atoms with van der Waals surface area (Å²) in [7, 11) is 1.61. The number of fused-ring (bicyclic) bond motifs is 1.